The Balaban J connectivity index is 1.48. The van der Waals surface area contributed by atoms with Gasteiger partial charge in [-0.25, -0.2) is 4.98 Å². The number of thiazole rings is 1. The van der Waals surface area contributed by atoms with Gasteiger partial charge in [0.1, 0.15) is 11.7 Å². The molecule has 1 aliphatic heterocycles. The molecule has 3 aromatic rings. The molecule has 1 fully saturated rings. The summed E-state index contributed by atoms with van der Waals surface area (Å²) in [5.41, 5.74) is 3.07. The van der Waals surface area contributed by atoms with Crippen LogP contribution in [0.15, 0.2) is 53.9 Å². The lowest BCUT2D eigenvalue weighted by Gasteiger charge is -2.30. The Bertz CT molecular complexity index is 1120. The van der Waals surface area contributed by atoms with Gasteiger partial charge in [0.2, 0.25) is 5.91 Å². The van der Waals surface area contributed by atoms with E-state index in [2.05, 4.69) is 15.6 Å². The highest BCUT2D eigenvalue weighted by Gasteiger charge is 2.28. The summed E-state index contributed by atoms with van der Waals surface area (Å²) in [5, 5.41) is 8.98. The molecular formula is C24H25ClN4O3S. The zero-order valence-electron chi connectivity index (χ0n) is 18.2. The van der Waals surface area contributed by atoms with E-state index in [-0.39, 0.29) is 17.5 Å². The minimum absolute atomic E-state index is 0.112. The first-order chi connectivity index (χ1) is 16.0. The van der Waals surface area contributed by atoms with Crippen LogP contribution in [0.5, 0.6) is 0 Å². The third-order valence-electron chi connectivity index (χ3n) is 5.39. The molecular weight excluding hydrogens is 460 g/mol. The highest BCUT2D eigenvalue weighted by Crippen LogP contribution is 2.26. The van der Waals surface area contributed by atoms with Crippen LogP contribution in [0.4, 0.5) is 10.8 Å². The Morgan fingerprint density at radius 2 is 1.94 bits per heavy atom. The highest BCUT2D eigenvalue weighted by atomic mass is 35.5. The molecule has 2 heterocycles. The molecule has 2 amide bonds. The molecule has 33 heavy (non-hydrogen) atoms. The van der Waals surface area contributed by atoms with Crippen molar-refractivity contribution in [3.8, 4) is 0 Å². The monoisotopic (exact) mass is 484 g/mol. The van der Waals surface area contributed by atoms with Crippen LogP contribution in [0.1, 0.15) is 21.6 Å². The van der Waals surface area contributed by atoms with E-state index in [1.54, 1.807) is 10.3 Å². The second kappa shape index (κ2) is 10.8. The fraction of sp³-hybridized carbons (Fsp3) is 0.292. The maximum absolute atomic E-state index is 13.2. The minimum Gasteiger partial charge on any atom is -0.378 e. The van der Waals surface area contributed by atoms with Crippen LogP contribution < -0.4 is 10.6 Å². The summed E-state index contributed by atoms with van der Waals surface area (Å²) in [6, 6.07) is 14.5. The molecule has 172 valence electrons. The first-order valence-electron chi connectivity index (χ1n) is 10.7. The van der Waals surface area contributed by atoms with E-state index in [4.69, 9.17) is 16.3 Å². The van der Waals surface area contributed by atoms with Crippen molar-refractivity contribution in [1.82, 2.24) is 15.2 Å². The van der Waals surface area contributed by atoms with Crippen molar-refractivity contribution in [1.29, 1.82) is 0 Å². The van der Waals surface area contributed by atoms with Crippen molar-refractivity contribution in [2.45, 2.75) is 19.4 Å². The molecule has 1 unspecified atom stereocenters. The standard InChI is InChI=1S/C24H25ClN4O3S/c1-16-7-8-18(25)14-19(16)27-24-28-21(15-33-24)22(30)26-20(13-17-5-3-2-4-6-17)23(31)29-9-11-32-12-10-29/h2-8,14-15,20H,9-13H2,1H3,(H,26,30)(H,27,28). The van der Waals surface area contributed by atoms with Gasteiger partial charge in [-0.05, 0) is 30.2 Å². The molecule has 2 N–H and O–H groups in total. The average Bonchev–Trinajstić information content (AvgIpc) is 3.30. The van der Waals surface area contributed by atoms with E-state index in [1.807, 2.05) is 55.5 Å². The van der Waals surface area contributed by atoms with Gasteiger partial charge in [-0.3, -0.25) is 9.59 Å². The number of nitrogens with one attached hydrogen (secondary N) is 2. The van der Waals surface area contributed by atoms with Crippen molar-refractivity contribution in [3.63, 3.8) is 0 Å². The van der Waals surface area contributed by atoms with E-state index in [1.165, 1.54) is 11.3 Å². The third-order valence-corrected chi connectivity index (χ3v) is 6.38. The number of anilines is 2. The van der Waals surface area contributed by atoms with E-state index >= 15 is 0 Å². The van der Waals surface area contributed by atoms with Gasteiger partial charge in [0.25, 0.3) is 5.91 Å². The molecule has 1 aromatic heterocycles. The Hall–Kier alpha value is -2.94. The largest absolute Gasteiger partial charge is 0.378 e. The van der Waals surface area contributed by atoms with Crippen molar-refractivity contribution < 1.29 is 14.3 Å². The number of hydrogen-bond donors (Lipinski definition) is 2. The van der Waals surface area contributed by atoms with E-state index in [0.717, 1.165) is 16.8 Å². The van der Waals surface area contributed by atoms with Gasteiger partial charge in [0.15, 0.2) is 5.13 Å². The number of ether oxygens (including phenoxy) is 1. The number of benzene rings is 2. The van der Waals surface area contributed by atoms with Crippen LogP contribution in [0.25, 0.3) is 0 Å². The number of hydrogen-bond acceptors (Lipinski definition) is 6. The molecule has 1 saturated heterocycles. The van der Waals surface area contributed by atoms with Gasteiger partial charge >= 0.3 is 0 Å². The summed E-state index contributed by atoms with van der Waals surface area (Å²) in [7, 11) is 0. The number of rotatable bonds is 7. The van der Waals surface area contributed by atoms with Crippen molar-refractivity contribution in [2.24, 2.45) is 0 Å². The lowest BCUT2D eigenvalue weighted by Crippen LogP contribution is -2.52. The molecule has 9 heteroatoms. The van der Waals surface area contributed by atoms with Gasteiger partial charge in [-0.1, -0.05) is 48.0 Å². The predicted octanol–water partition coefficient (Wildman–Crippen LogP) is 4.05. The molecule has 0 radical (unpaired) electrons. The van der Waals surface area contributed by atoms with Crippen LogP contribution in [-0.2, 0) is 16.0 Å². The zero-order valence-corrected chi connectivity index (χ0v) is 19.8. The summed E-state index contributed by atoms with van der Waals surface area (Å²) in [5.74, 6) is -0.497. The fourth-order valence-corrected chi connectivity index (χ4v) is 4.44. The Labute approximate surface area is 201 Å². The number of amides is 2. The fourth-order valence-electron chi connectivity index (χ4n) is 3.57. The van der Waals surface area contributed by atoms with Crippen LogP contribution in [-0.4, -0.2) is 54.0 Å². The first-order valence-corrected chi connectivity index (χ1v) is 12.0. The SMILES string of the molecule is Cc1ccc(Cl)cc1Nc1nc(C(=O)NC(Cc2ccccc2)C(=O)N2CCOCC2)cs1. The lowest BCUT2D eigenvalue weighted by molar-refractivity contribution is -0.137. The first kappa shape index (κ1) is 23.2. The quantitative estimate of drug-likeness (QED) is 0.528. The van der Waals surface area contributed by atoms with Crippen LogP contribution in [0, 0.1) is 6.92 Å². The summed E-state index contributed by atoms with van der Waals surface area (Å²) in [4.78, 5) is 32.4. The summed E-state index contributed by atoms with van der Waals surface area (Å²) < 4.78 is 5.36. The average molecular weight is 485 g/mol. The summed E-state index contributed by atoms with van der Waals surface area (Å²) >= 11 is 7.41. The maximum Gasteiger partial charge on any atom is 0.271 e. The molecule has 2 aromatic carbocycles. The smallest absolute Gasteiger partial charge is 0.271 e. The third kappa shape index (κ3) is 6.10. The second-order valence-corrected chi connectivity index (χ2v) is 9.07. The highest BCUT2D eigenvalue weighted by molar-refractivity contribution is 7.14. The Morgan fingerprint density at radius 1 is 1.18 bits per heavy atom. The normalized spacial score (nSPS) is 14.5. The van der Waals surface area contributed by atoms with Crippen molar-refractivity contribution >= 4 is 45.6 Å². The number of aromatic nitrogens is 1. The molecule has 1 atom stereocenters. The van der Waals surface area contributed by atoms with Crippen molar-refractivity contribution in [2.75, 3.05) is 31.6 Å². The Kier molecular flexibility index (Phi) is 7.59. The number of nitrogens with zero attached hydrogens (tertiary/aromatic N) is 2. The van der Waals surface area contributed by atoms with E-state index < -0.39 is 6.04 Å². The predicted molar refractivity (Wildman–Crippen MR) is 130 cm³/mol. The van der Waals surface area contributed by atoms with Gasteiger partial charge in [-0.2, -0.15) is 0 Å². The maximum atomic E-state index is 13.2. The lowest BCUT2D eigenvalue weighted by atomic mass is 10.0. The topological polar surface area (TPSA) is 83.6 Å². The number of morpholine rings is 1. The zero-order chi connectivity index (χ0) is 23.2. The minimum atomic E-state index is -0.689. The summed E-state index contributed by atoms with van der Waals surface area (Å²) in [6.07, 6.45) is 0.403. The molecule has 1 aliphatic rings. The van der Waals surface area contributed by atoms with E-state index in [9.17, 15) is 9.59 Å². The van der Waals surface area contributed by atoms with Gasteiger partial charge in [0, 0.05) is 35.6 Å². The van der Waals surface area contributed by atoms with Gasteiger partial charge in [0.05, 0.1) is 13.2 Å². The molecule has 0 aliphatic carbocycles. The van der Waals surface area contributed by atoms with Crippen LogP contribution >= 0.6 is 22.9 Å². The van der Waals surface area contributed by atoms with Gasteiger partial charge in [-0.15, -0.1) is 11.3 Å². The molecule has 0 spiro atoms. The summed E-state index contributed by atoms with van der Waals surface area (Å²) in [6.45, 7) is 4.00. The van der Waals surface area contributed by atoms with E-state index in [0.29, 0.717) is 42.9 Å². The number of carbonyl (C=O) groups excluding carboxylic acids is 2. The Morgan fingerprint density at radius 3 is 2.70 bits per heavy atom. The molecule has 4 rings (SSSR count). The number of carbonyl (C=O) groups is 2. The molecule has 0 bridgehead atoms. The van der Waals surface area contributed by atoms with Crippen LogP contribution in [0.2, 0.25) is 5.02 Å². The second-order valence-electron chi connectivity index (χ2n) is 7.78. The van der Waals surface area contributed by atoms with Crippen LogP contribution in [0.3, 0.4) is 0 Å². The molecule has 0 saturated carbocycles. The number of halogens is 1. The number of aryl methyl sites for hydroxylation is 1. The van der Waals surface area contributed by atoms with Crippen molar-refractivity contribution in [3.05, 3.63) is 75.8 Å². The molecule has 7 nitrogen and oxygen atoms in total. The van der Waals surface area contributed by atoms with Gasteiger partial charge < -0.3 is 20.3 Å².